The molecule has 0 saturated heterocycles. The molecule has 2 aromatic rings. The molecule has 0 amide bonds. The highest BCUT2D eigenvalue weighted by molar-refractivity contribution is 9.10. The molecule has 0 bridgehead atoms. The summed E-state index contributed by atoms with van der Waals surface area (Å²) >= 11 is 3.45. The van der Waals surface area contributed by atoms with Gasteiger partial charge in [0.05, 0.1) is 16.4 Å². The van der Waals surface area contributed by atoms with E-state index in [1.165, 1.54) is 0 Å². The van der Waals surface area contributed by atoms with E-state index < -0.39 is 0 Å². The Labute approximate surface area is 119 Å². The van der Waals surface area contributed by atoms with Crippen LogP contribution in [0.2, 0.25) is 0 Å². The normalized spacial score (nSPS) is 12.9. The second-order valence-corrected chi connectivity index (χ2v) is 4.83. The zero-order valence-corrected chi connectivity index (χ0v) is 11.6. The van der Waals surface area contributed by atoms with Gasteiger partial charge in [-0.15, -0.1) is 0 Å². The Bertz CT molecular complexity index is 614. The van der Waals surface area contributed by atoms with Crippen molar-refractivity contribution in [3.8, 4) is 11.5 Å². The molecule has 3 rings (SSSR count). The number of nitrogens with zero attached hydrogens (tertiary/aromatic N) is 1. The molecule has 5 heteroatoms. The van der Waals surface area contributed by atoms with E-state index in [9.17, 15) is 0 Å². The Morgan fingerprint density at radius 1 is 1.16 bits per heavy atom. The Balaban J connectivity index is 1.75. The van der Waals surface area contributed by atoms with E-state index in [0.29, 0.717) is 0 Å². The van der Waals surface area contributed by atoms with E-state index in [-0.39, 0.29) is 6.79 Å². The first-order valence-corrected chi connectivity index (χ1v) is 6.55. The Morgan fingerprint density at radius 3 is 2.84 bits per heavy atom. The molecule has 1 aliphatic rings. The van der Waals surface area contributed by atoms with E-state index in [2.05, 4.69) is 26.5 Å². The van der Waals surface area contributed by atoms with Crippen LogP contribution in [-0.2, 0) is 0 Å². The third kappa shape index (κ3) is 2.71. The SMILES string of the molecule is Brc1cc(C=NNc2ccccc2)cc2c1OCO2. The molecule has 1 heterocycles. The predicted octanol–water partition coefficient (Wildman–Crippen LogP) is 3.62. The number of anilines is 1. The van der Waals surface area contributed by atoms with E-state index in [4.69, 9.17) is 9.47 Å². The van der Waals surface area contributed by atoms with Gasteiger partial charge in [0.2, 0.25) is 6.79 Å². The lowest BCUT2D eigenvalue weighted by Crippen LogP contribution is -1.93. The number of ether oxygens (including phenoxy) is 2. The van der Waals surface area contributed by atoms with Crippen molar-refractivity contribution in [1.29, 1.82) is 0 Å². The Morgan fingerprint density at radius 2 is 2.00 bits per heavy atom. The molecule has 0 aliphatic carbocycles. The van der Waals surface area contributed by atoms with Crippen LogP contribution in [-0.4, -0.2) is 13.0 Å². The first-order valence-electron chi connectivity index (χ1n) is 5.76. The van der Waals surface area contributed by atoms with Crippen LogP contribution in [0, 0.1) is 0 Å². The second kappa shape index (κ2) is 5.32. The predicted molar refractivity (Wildman–Crippen MR) is 77.9 cm³/mol. The quantitative estimate of drug-likeness (QED) is 0.694. The largest absolute Gasteiger partial charge is 0.454 e. The van der Waals surface area contributed by atoms with Gasteiger partial charge in [0, 0.05) is 0 Å². The van der Waals surface area contributed by atoms with Crippen molar-refractivity contribution in [1.82, 2.24) is 0 Å². The minimum absolute atomic E-state index is 0.261. The molecule has 4 nitrogen and oxygen atoms in total. The molecule has 0 atom stereocenters. The van der Waals surface area contributed by atoms with Crippen molar-refractivity contribution in [2.24, 2.45) is 5.10 Å². The van der Waals surface area contributed by atoms with Crippen molar-refractivity contribution in [2.75, 3.05) is 12.2 Å². The van der Waals surface area contributed by atoms with Crippen LogP contribution < -0.4 is 14.9 Å². The average molecular weight is 319 g/mol. The van der Waals surface area contributed by atoms with Crippen molar-refractivity contribution in [3.05, 3.63) is 52.5 Å². The number of hydrogen-bond donors (Lipinski definition) is 1. The highest BCUT2D eigenvalue weighted by Gasteiger charge is 2.17. The summed E-state index contributed by atoms with van der Waals surface area (Å²) in [5, 5.41) is 4.19. The monoisotopic (exact) mass is 318 g/mol. The van der Waals surface area contributed by atoms with Gasteiger partial charge in [0.15, 0.2) is 11.5 Å². The lowest BCUT2D eigenvalue weighted by atomic mass is 10.2. The molecule has 1 aliphatic heterocycles. The van der Waals surface area contributed by atoms with Gasteiger partial charge in [0.25, 0.3) is 0 Å². The van der Waals surface area contributed by atoms with Gasteiger partial charge in [-0.3, -0.25) is 5.43 Å². The molecule has 2 aromatic carbocycles. The van der Waals surface area contributed by atoms with Crippen molar-refractivity contribution in [3.63, 3.8) is 0 Å². The fourth-order valence-corrected chi connectivity index (χ4v) is 2.33. The third-order valence-electron chi connectivity index (χ3n) is 2.63. The maximum atomic E-state index is 5.35. The summed E-state index contributed by atoms with van der Waals surface area (Å²) < 4.78 is 11.5. The van der Waals surface area contributed by atoms with Gasteiger partial charge in [-0.2, -0.15) is 5.10 Å². The molecular weight excluding hydrogens is 308 g/mol. The van der Waals surface area contributed by atoms with Gasteiger partial charge in [0.1, 0.15) is 0 Å². The van der Waals surface area contributed by atoms with E-state index >= 15 is 0 Å². The van der Waals surface area contributed by atoms with Crippen LogP contribution in [0.4, 0.5) is 5.69 Å². The summed E-state index contributed by atoms with van der Waals surface area (Å²) in [5.74, 6) is 1.48. The number of hydrogen-bond acceptors (Lipinski definition) is 4. The maximum Gasteiger partial charge on any atom is 0.231 e. The number of fused-ring (bicyclic) bond motifs is 1. The second-order valence-electron chi connectivity index (χ2n) is 3.97. The summed E-state index contributed by atoms with van der Waals surface area (Å²) in [7, 11) is 0. The maximum absolute atomic E-state index is 5.35. The summed E-state index contributed by atoms with van der Waals surface area (Å²) in [4.78, 5) is 0. The Kier molecular flexibility index (Phi) is 3.37. The number of para-hydroxylation sites is 1. The zero-order valence-electron chi connectivity index (χ0n) is 9.97. The average Bonchev–Trinajstić information content (AvgIpc) is 2.89. The fourth-order valence-electron chi connectivity index (χ4n) is 1.76. The van der Waals surface area contributed by atoms with Gasteiger partial charge in [-0.05, 0) is 45.8 Å². The number of benzene rings is 2. The Hall–Kier alpha value is -2.01. The lowest BCUT2D eigenvalue weighted by Gasteiger charge is -2.02. The van der Waals surface area contributed by atoms with Gasteiger partial charge in [-0.25, -0.2) is 0 Å². The molecule has 0 radical (unpaired) electrons. The van der Waals surface area contributed by atoms with E-state index in [0.717, 1.165) is 27.2 Å². The first-order chi connectivity index (χ1) is 9.33. The molecule has 1 N–H and O–H groups in total. The molecule has 19 heavy (non-hydrogen) atoms. The minimum atomic E-state index is 0.261. The first kappa shape index (κ1) is 12.0. The van der Waals surface area contributed by atoms with Gasteiger partial charge < -0.3 is 9.47 Å². The van der Waals surface area contributed by atoms with Gasteiger partial charge >= 0.3 is 0 Å². The van der Waals surface area contributed by atoms with Crippen LogP contribution >= 0.6 is 15.9 Å². The zero-order chi connectivity index (χ0) is 13.1. The van der Waals surface area contributed by atoms with E-state index in [1.54, 1.807) is 6.21 Å². The number of nitrogens with one attached hydrogen (secondary N) is 1. The van der Waals surface area contributed by atoms with Crippen LogP contribution in [0.25, 0.3) is 0 Å². The smallest absolute Gasteiger partial charge is 0.231 e. The highest BCUT2D eigenvalue weighted by Crippen LogP contribution is 2.39. The summed E-state index contributed by atoms with van der Waals surface area (Å²) in [6.45, 7) is 0.261. The number of halogens is 1. The molecule has 0 aromatic heterocycles. The van der Waals surface area contributed by atoms with Crippen molar-refractivity contribution in [2.45, 2.75) is 0 Å². The van der Waals surface area contributed by atoms with Crippen LogP contribution in [0.1, 0.15) is 5.56 Å². The molecule has 0 saturated carbocycles. The summed E-state index contributed by atoms with van der Waals surface area (Å²) in [6.07, 6.45) is 1.74. The molecule has 0 fully saturated rings. The van der Waals surface area contributed by atoms with Gasteiger partial charge in [-0.1, -0.05) is 18.2 Å². The van der Waals surface area contributed by atoms with E-state index in [1.807, 2.05) is 42.5 Å². The van der Waals surface area contributed by atoms with Crippen LogP contribution in [0.5, 0.6) is 11.5 Å². The fraction of sp³-hybridized carbons (Fsp3) is 0.0714. The summed E-state index contributed by atoms with van der Waals surface area (Å²) in [6, 6.07) is 13.6. The molecule has 0 unspecified atom stereocenters. The molecular formula is C14H11BrN2O2. The topological polar surface area (TPSA) is 42.9 Å². The number of hydrazone groups is 1. The third-order valence-corrected chi connectivity index (χ3v) is 3.22. The van der Waals surface area contributed by atoms with Crippen LogP contribution in [0.15, 0.2) is 52.0 Å². The number of rotatable bonds is 3. The van der Waals surface area contributed by atoms with Crippen molar-refractivity contribution < 1.29 is 9.47 Å². The van der Waals surface area contributed by atoms with Crippen molar-refractivity contribution >= 4 is 27.8 Å². The molecule has 0 spiro atoms. The highest BCUT2D eigenvalue weighted by atomic mass is 79.9. The standard InChI is InChI=1S/C14H11BrN2O2/c15-12-6-10(7-13-14(12)19-9-18-13)8-16-17-11-4-2-1-3-5-11/h1-8,17H,9H2. The minimum Gasteiger partial charge on any atom is -0.454 e. The summed E-state index contributed by atoms with van der Waals surface area (Å²) in [5.41, 5.74) is 4.84. The van der Waals surface area contributed by atoms with Crippen LogP contribution in [0.3, 0.4) is 0 Å². The lowest BCUT2D eigenvalue weighted by molar-refractivity contribution is 0.173. The molecule has 96 valence electrons.